The smallest absolute Gasteiger partial charge is 0.255 e. The van der Waals surface area contributed by atoms with E-state index < -0.39 is 9.84 Å². The third-order valence-electron chi connectivity index (χ3n) is 4.37. The number of anilines is 2. The predicted molar refractivity (Wildman–Crippen MR) is 98.8 cm³/mol. The Morgan fingerprint density at radius 1 is 1.35 bits per heavy atom. The highest BCUT2D eigenvalue weighted by Gasteiger charge is 2.31. The number of nitrogens with one attached hydrogen (secondary N) is 1. The van der Waals surface area contributed by atoms with Crippen LogP contribution in [0.3, 0.4) is 0 Å². The van der Waals surface area contributed by atoms with Gasteiger partial charge < -0.3 is 10.2 Å². The molecule has 2 heterocycles. The van der Waals surface area contributed by atoms with Crippen molar-refractivity contribution in [3.05, 3.63) is 53.7 Å². The summed E-state index contributed by atoms with van der Waals surface area (Å²) in [6, 6.07) is 11.8. The van der Waals surface area contributed by atoms with Crippen LogP contribution in [0.15, 0.2) is 42.6 Å². The van der Waals surface area contributed by atoms with Crippen molar-refractivity contribution in [1.82, 2.24) is 4.98 Å². The topological polar surface area (TPSA) is 103 Å². The molecule has 0 spiro atoms. The van der Waals surface area contributed by atoms with Crippen LogP contribution in [0.5, 0.6) is 0 Å². The van der Waals surface area contributed by atoms with E-state index in [0.717, 1.165) is 0 Å². The lowest BCUT2D eigenvalue weighted by atomic mass is 10.2. The fraction of sp³-hybridized carbons (Fsp3) is 0.278. The van der Waals surface area contributed by atoms with Crippen LogP contribution in [-0.4, -0.2) is 43.9 Å². The largest absolute Gasteiger partial charge is 0.356 e. The summed E-state index contributed by atoms with van der Waals surface area (Å²) in [6.45, 7) is 0. The van der Waals surface area contributed by atoms with Gasteiger partial charge in [0.25, 0.3) is 5.91 Å². The van der Waals surface area contributed by atoms with Crippen molar-refractivity contribution < 1.29 is 13.2 Å². The Labute approximate surface area is 152 Å². The Morgan fingerprint density at radius 3 is 2.85 bits per heavy atom. The number of hydrogen-bond acceptors (Lipinski definition) is 6. The van der Waals surface area contributed by atoms with Crippen molar-refractivity contribution in [2.24, 2.45) is 0 Å². The van der Waals surface area contributed by atoms with Crippen LogP contribution in [0.25, 0.3) is 0 Å². The van der Waals surface area contributed by atoms with Gasteiger partial charge in [0.1, 0.15) is 5.82 Å². The molecule has 1 amide bonds. The van der Waals surface area contributed by atoms with Crippen molar-refractivity contribution in [2.45, 2.75) is 12.5 Å². The fourth-order valence-electron chi connectivity index (χ4n) is 2.89. The van der Waals surface area contributed by atoms with Crippen molar-refractivity contribution in [2.75, 3.05) is 28.8 Å². The number of sulfone groups is 1. The van der Waals surface area contributed by atoms with E-state index in [1.54, 1.807) is 48.3 Å². The fourth-order valence-corrected chi connectivity index (χ4v) is 4.66. The van der Waals surface area contributed by atoms with Gasteiger partial charge in [0.2, 0.25) is 0 Å². The lowest BCUT2D eigenvalue weighted by molar-refractivity contribution is 0.102. The third kappa shape index (κ3) is 4.00. The van der Waals surface area contributed by atoms with Gasteiger partial charge in [-0.1, -0.05) is 6.07 Å². The number of hydrogen-bond donors (Lipinski definition) is 1. The monoisotopic (exact) mass is 370 g/mol. The minimum absolute atomic E-state index is 0.0998. The molecule has 1 atom stereocenters. The highest BCUT2D eigenvalue weighted by molar-refractivity contribution is 7.91. The van der Waals surface area contributed by atoms with Crippen molar-refractivity contribution in [3.8, 4) is 6.07 Å². The van der Waals surface area contributed by atoms with E-state index in [9.17, 15) is 13.2 Å². The van der Waals surface area contributed by atoms with Crippen LogP contribution in [0, 0.1) is 11.3 Å². The van der Waals surface area contributed by atoms with Crippen LogP contribution in [0.4, 0.5) is 11.5 Å². The zero-order valence-electron chi connectivity index (χ0n) is 14.2. The molecule has 134 valence electrons. The van der Waals surface area contributed by atoms with Gasteiger partial charge in [0.15, 0.2) is 9.84 Å². The zero-order chi connectivity index (χ0) is 18.7. The Hall–Kier alpha value is -2.92. The summed E-state index contributed by atoms with van der Waals surface area (Å²) in [6.07, 6.45) is 2.08. The van der Waals surface area contributed by atoms with Crippen LogP contribution in [-0.2, 0) is 9.84 Å². The maximum absolute atomic E-state index is 12.5. The molecule has 0 radical (unpaired) electrons. The number of rotatable bonds is 4. The number of carbonyl (C=O) groups excluding carboxylic acids is 1. The molecule has 1 fully saturated rings. The normalized spacial score (nSPS) is 18.1. The molecule has 0 bridgehead atoms. The summed E-state index contributed by atoms with van der Waals surface area (Å²) in [5, 5.41) is 11.7. The van der Waals surface area contributed by atoms with Gasteiger partial charge in [-0.05, 0) is 36.8 Å². The number of amides is 1. The van der Waals surface area contributed by atoms with Gasteiger partial charge >= 0.3 is 0 Å². The average Bonchev–Trinajstić information content (AvgIpc) is 3.01. The van der Waals surface area contributed by atoms with Crippen LogP contribution in [0.1, 0.15) is 22.3 Å². The molecule has 3 rings (SSSR count). The molecule has 1 aromatic heterocycles. The first-order valence-electron chi connectivity index (χ1n) is 8.09. The predicted octanol–water partition coefficient (Wildman–Crippen LogP) is 1.83. The molecule has 1 saturated heterocycles. The van der Waals surface area contributed by atoms with E-state index in [4.69, 9.17) is 5.26 Å². The van der Waals surface area contributed by atoms with Crippen molar-refractivity contribution in [1.29, 1.82) is 5.26 Å². The Balaban J connectivity index is 1.76. The van der Waals surface area contributed by atoms with E-state index in [0.29, 0.717) is 29.1 Å². The highest BCUT2D eigenvalue weighted by atomic mass is 32.2. The van der Waals surface area contributed by atoms with Crippen LogP contribution < -0.4 is 10.2 Å². The molecule has 1 aliphatic heterocycles. The quantitative estimate of drug-likeness (QED) is 0.881. The maximum Gasteiger partial charge on any atom is 0.255 e. The number of benzene rings is 1. The maximum atomic E-state index is 12.5. The summed E-state index contributed by atoms with van der Waals surface area (Å²) in [7, 11) is -1.21. The Bertz CT molecular complexity index is 982. The van der Waals surface area contributed by atoms with Crippen LogP contribution in [0.2, 0.25) is 0 Å². The molecule has 8 heteroatoms. The van der Waals surface area contributed by atoms with E-state index >= 15 is 0 Å². The first kappa shape index (κ1) is 17.9. The Kier molecular flexibility index (Phi) is 4.91. The van der Waals surface area contributed by atoms with Gasteiger partial charge in [0, 0.05) is 30.5 Å². The minimum atomic E-state index is -3.00. The Morgan fingerprint density at radius 2 is 2.15 bits per heavy atom. The summed E-state index contributed by atoms with van der Waals surface area (Å²) >= 11 is 0. The lowest BCUT2D eigenvalue weighted by Gasteiger charge is -2.24. The second kappa shape index (κ2) is 7.14. The molecular weight excluding hydrogens is 352 g/mol. The summed E-state index contributed by atoms with van der Waals surface area (Å²) in [5.74, 6) is 0.502. The van der Waals surface area contributed by atoms with Gasteiger partial charge in [-0.25, -0.2) is 13.4 Å². The van der Waals surface area contributed by atoms with Crippen LogP contribution >= 0.6 is 0 Å². The van der Waals surface area contributed by atoms with Gasteiger partial charge in [-0.2, -0.15) is 5.26 Å². The van der Waals surface area contributed by atoms with Gasteiger partial charge in [-0.3, -0.25) is 4.79 Å². The molecule has 1 N–H and O–H groups in total. The first-order valence-corrected chi connectivity index (χ1v) is 9.91. The minimum Gasteiger partial charge on any atom is -0.356 e. The van der Waals surface area contributed by atoms with Crippen molar-refractivity contribution >= 4 is 27.2 Å². The number of nitriles is 1. The molecule has 1 unspecified atom stereocenters. The molecule has 1 aliphatic rings. The SMILES string of the molecule is CN(c1cc(C(=O)Nc2cccc(C#N)c2)ccn1)C1CCS(=O)(=O)C1. The molecular formula is C18H18N4O3S. The standard InChI is InChI=1S/C18H18N4O3S/c1-22(16-6-8-26(24,25)12-16)17-10-14(5-7-20-17)18(23)21-15-4-2-3-13(9-15)11-19/h2-5,7,9-10,16H,6,8,12H2,1H3,(H,21,23). The molecule has 1 aromatic carbocycles. The molecule has 0 aliphatic carbocycles. The lowest BCUT2D eigenvalue weighted by Crippen LogP contribution is -2.33. The van der Waals surface area contributed by atoms with E-state index in [2.05, 4.69) is 10.3 Å². The third-order valence-corrected chi connectivity index (χ3v) is 6.13. The van der Waals surface area contributed by atoms with Crippen molar-refractivity contribution in [3.63, 3.8) is 0 Å². The molecule has 2 aromatic rings. The average molecular weight is 370 g/mol. The van der Waals surface area contributed by atoms with E-state index in [1.807, 2.05) is 6.07 Å². The number of carbonyl (C=O) groups is 1. The number of pyridine rings is 1. The highest BCUT2D eigenvalue weighted by Crippen LogP contribution is 2.22. The molecule has 0 saturated carbocycles. The molecule has 26 heavy (non-hydrogen) atoms. The van der Waals surface area contributed by atoms with E-state index in [1.165, 1.54) is 6.20 Å². The summed E-state index contributed by atoms with van der Waals surface area (Å²) in [5.41, 5.74) is 1.40. The van der Waals surface area contributed by atoms with Gasteiger partial charge in [-0.15, -0.1) is 0 Å². The second-order valence-electron chi connectivity index (χ2n) is 6.22. The summed E-state index contributed by atoms with van der Waals surface area (Å²) in [4.78, 5) is 18.5. The number of nitrogens with zero attached hydrogens (tertiary/aromatic N) is 3. The summed E-state index contributed by atoms with van der Waals surface area (Å²) < 4.78 is 23.3. The van der Waals surface area contributed by atoms with Gasteiger partial charge in [0.05, 0.1) is 23.1 Å². The first-order chi connectivity index (χ1) is 12.4. The van der Waals surface area contributed by atoms with E-state index in [-0.39, 0.29) is 23.5 Å². The zero-order valence-corrected chi connectivity index (χ0v) is 15.0. The number of aromatic nitrogens is 1. The second-order valence-corrected chi connectivity index (χ2v) is 8.45. The molecule has 7 nitrogen and oxygen atoms in total.